The van der Waals surface area contributed by atoms with E-state index in [4.69, 9.17) is 0 Å². The van der Waals surface area contributed by atoms with Crippen LogP contribution in [0.5, 0.6) is 0 Å². The van der Waals surface area contributed by atoms with Crippen molar-refractivity contribution in [1.29, 1.82) is 0 Å². The van der Waals surface area contributed by atoms with Gasteiger partial charge in [0.1, 0.15) is 0 Å². The normalized spacial score (nSPS) is 8.83. The maximum atomic E-state index is 10.6. The SMILES string of the molecule is COC(=O)BCCCBC(C)=O. The van der Waals surface area contributed by atoms with E-state index in [0.29, 0.717) is 14.6 Å². The maximum Gasteiger partial charge on any atom is 0.260 e. The number of hydrogen-bond acceptors (Lipinski definition) is 3. The van der Waals surface area contributed by atoms with Crippen LogP contribution in [0.2, 0.25) is 12.6 Å². The van der Waals surface area contributed by atoms with Crippen LogP contribution in [-0.4, -0.2) is 33.2 Å². The summed E-state index contributed by atoms with van der Waals surface area (Å²) in [5, 5.41) is 0. The lowest BCUT2D eigenvalue weighted by molar-refractivity contribution is -0.110. The monoisotopic (exact) mass is 168 g/mol. The van der Waals surface area contributed by atoms with E-state index in [-0.39, 0.29) is 11.6 Å². The van der Waals surface area contributed by atoms with Gasteiger partial charge in [-0.1, -0.05) is 19.1 Å². The molecule has 3 nitrogen and oxygen atoms in total. The van der Waals surface area contributed by atoms with Crippen molar-refractivity contribution in [2.45, 2.75) is 26.0 Å². The molecule has 0 amide bonds. The Labute approximate surface area is 74.3 Å². The van der Waals surface area contributed by atoms with Crippen molar-refractivity contribution >= 4 is 26.1 Å². The molecule has 0 fully saturated rings. The molecule has 0 radical (unpaired) electrons. The summed E-state index contributed by atoms with van der Waals surface area (Å²) in [4.78, 5) is 21.1. The second kappa shape index (κ2) is 6.95. The van der Waals surface area contributed by atoms with Crippen molar-refractivity contribution in [3.8, 4) is 0 Å². The molecule has 0 unspecified atom stereocenters. The van der Waals surface area contributed by atoms with E-state index >= 15 is 0 Å². The average Bonchev–Trinajstić information content (AvgIpc) is 2.03. The third-order valence-electron chi connectivity index (χ3n) is 1.64. The average molecular weight is 168 g/mol. The fourth-order valence-electron chi connectivity index (χ4n) is 0.922. The van der Waals surface area contributed by atoms with E-state index < -0.39 is 0 Å². The number of methoxy groups -OCH3 is 1. The lowest BCUT2D eigenvalue weighted by Gasteiger charge is -1.96. The van der Waals surface area contributed by atoms with Gasteiger partial charge in [-0.05, 0) is 6.92 Å². The van der Waals surface area contributed by atoms with Gasteiger partial charge in [-0.2, -0.15) is 0 Å². The van der Waals surface area contributed by atoms with Gasteiger partial charge in [0.2, 0.25) is 13.1 Å². The molecular weight excluding hydrogens is 154 g/mol. The number of rotatable bonds is 6. The zero-order valence-electron chi connectivity index (χ0n) is 7.76. The predicted octanol–water partition coefficient (Wildman–Crippen LogP) is 0.399. The summed E-state index contributed by atoms with van der Waals surface area (Å²) in [6.45, 7) is 1.58. The summed E-state index contributed by atoms with van der Waals surface area (Å²) < 4.78 is 4.47. The van der Waals surface area contributed by atoms with Gasteiger partial charge < -0.3 is 9.53 Å². The first-order chi connectivity index (χ1) is 5.66. The minimum Gasteiger partial charge on any atom is -0.477 e. The van der Waals surface area contributed by atoms with Gasteiger partial charge in [-0.25, -0.2) is 0 Å². The van der Waals surface area contributed by atoms with Crippen molar-refractivity contribution < 1.29 is 14.3 Å². The van der Waals surface area contributed by atoms with Crippen LogP contribution < -0.4 is 0 Å². The van der Waals surface area contributed by atoms with Gasteiger partial charge >= 0.3 is 0 Å². The third kappa shape index (κ3) is 7.38. The van der Waals surface area contributed by atoms with Gasteiger partial charge in [-0.15, -0.1) is 0 Å². The van der Waals surface area contributed by atoms with Gasteiger partial charge in [0.25, 0.3) is 7.28 Å². The standard InChI is InChI=1S/C7H14B2O3/c1-6(10)8-4-3-5-9-7(11)12-2/h8-9H,3-5H2,1-2H3. The summed E-state index contributed by atoms with van der Waals surface area (Å²) in [6.07, 6.45) is 2.63. The molecule has 0 saturated heterocycles. The zero-order valence-corrected chi connectivity index (χ0v) is 7.76. The van der Waals surface area contributed by atoms with E-state index in [1.165, 1.54) is 7.11 Å². The molecule has 0 aromatic heterocycles. The summed E-state index contributed by atoms with van der Waals surface area (Å²) in [5.74, 6) is -0.169. The van der Waals surface area contributed by atoms with Crippen LogP contribution in [0.4, 0.5) is 4.79 Å². The molecule has 12 heavy (non-hydrogen) atoms. The third-order valence-corrected chi connectivity index (χ3v) is 1.64. The number of carbonyl (C=O) groups excluding carboxylic acids is 2. The predicted molar refractivity (Wildman–Crippen MR) is 51.6 cm³/mol. The van der Waals surface area contributed by atoms with E-state index in [1.807, 2.05) is 0 Å². The molecule has 0 bridgehead atoms. The molecule has 0 atom stereocenters. The first-order valence-electron chi connectivity index (χ1n) is 4.23. The van der Waals surface area contributed by atoms with E-state index in [9.17, 15) is 9.59 Å². The Hall–Kier alpha value is -0.730. The highest BCUT2D eigenvalue weighted by Gasteiger charge is 2.03. The molecule has 0 rings (SSSR count). The fourth-order valence-corrected chi connectivity index (χ4v) is 0.922. The maximum absolute atomic E-state index is 10.6. The minimum atomic E-state index is -0.169. The topological polar surface area (TPSA) is 43.4 Å². The van der Waals surface area contributed by atoms with Crippen molar-refractivity contribution in [3.63, 3.8) is 0 Å². The Bertz CT molecular complexity index is 159. The van der Waals surface area contributed by atoms with Gasteiger partial charge in [0.15, 0.2) is 0 Å². The van der Waals surface area contributed by atoms with Crippen molar-refractivity contribution in [3.05, 3.63) is 0 Å². The molecule has 0 aliphatic carbocycles. The van der Waals surface area contributed by atoms with Gasteiger partial charge in [0, 0.05) is 0 Å². The van der Waals surface area contributed by atoms with Crippen LogP contribution in [-0.2, 0) is 9.53 Å². The van der Waals surface area contributed by atoms with Crippen LogP contribution in [0.25, 0.3) is 0 Å². The molecule has 0 saturated carbocycles. The highest BCUT2D eigenvalue weighted by atomic mass is 16.5. The lowest BCUT2D eigenvalue weighted by atomic mass is 9.65. The number of ether oxygens (including phenoxy) is 1. The highest BCUT2D eigenvalue weighted by Crippen LogP contribution is 1.96. The van der Waals surface area contributed by atoms with Crippen LogP contribution in [0.3, 0.4) is 0 Å². The quantitative estimate of drug-likeness (QED) is 0.425. The Balaban J connectivity index is 3.11. The van der Waals surface area contributed by atoms with Crippen LogP contribution in [0, 0.1) is 0 Å². The minimum absolute atomic E-state index is 0.169. The second-order valence-electron chi connectivity index (χ2n) is 2.84. The summed E-state index contributed by atoms with van der Waals surface area (Å²) in [5.41, 5.74) is 0.216. The van der Waals surface area contributed by atoms with E-state index in [0.717, 1.165) is 19.1 Å². The van der Waals surface area contributed by atoms with E-state index in [1.54, 1.807) is 6.92 Å². The Morgan fingerprint density at radius 3 is 2.33 bits per heavy atom. The summed E-state index contributed by atoms with van der Waals surface area (Å²) in [7, 11) is 2.48. The molecule has 5 heteroatoms. The molecule has 0 heterocycles. The van der Waals surface area contributed by atoms with Crippen LogP contribution >= 0.6 is 0 Å². The van der Waals surface area contributed by atoms with Crippen molar-refractivity contribution in [2.24, 2.45) is 0 Å². The lowest BCUT2D eigenvalue weighted by Crippen LogP contribution is -2.09. The smallest absolute Gasteiger partial charge is 0.260 e. The molecule has 66 valence electrons. The van der Waals surface area contributed by atoms with Gasteiger partial charge in [-0.3, -0.25) is 4.79 Å². The Morgan fingerprint density at radius 1 is 1.25 bits per heavy atom. The number of hydrogen-bond donors (Lipinski definition) is 0. The summed E-state index contributed by atoms with van der Waals surface area (Å²) >= 11 is 0. The molecule has 0 spiro atoms. The summed E-state index contributed by atoms with van der Waals surface area (Å²) in [6, 6.07) is 0. The van der Waals surface area contributed by atoms with Gasteiger partial charge in [0.05, 0.1) is 12.8 Å². The second-order valence-corrected chi connectivity index (χ2v) is 2.84. The zero-order chi connectivity index (χ0) is 9.40. The van der Waals surface area contributed by atoms with Crippen LogP contribution in [0.1, 0.15) is 13.3 Å². The first-order valence-corrected chi connectivity index (χ1v) is 4.23. The molecule has 0 aromatic carbocycles. The highest BCUT2D eigenvalue weighted by molar-refractivity contribution is 6.74. The van der Waals surface area contributed by atoms with Crippen LogP contribution in [0.15, 0.2) is 0 Å². The molecule has 0 aliphatic heterocycles. The molecular formula is C7H14B2O3. The fraction of sp³-hybridized carbons (Fsp3) is 0.714. The molecule has 0 N–H and O–H groups in total. The first kappa shape index (κ1) is 11.3. The van der Waals surface area contributed by atoms with Crippen molar-refractivity contribution in [2.75, 3.05) is 7.11 Å². The van der Waals surface area contributed by atoms with E-state index in [2.05, 4.69) is 4.74 Å². The molecule has 0 aliphatic rings. The van der Waals surface area contributed by atoms with Crippen molar-refractivity contribution in [1.82, 2.24) is 0 Å². The Kier molecular flexibility index (Phi) is 6.53. The Morgan fingerprint density at radius 2 is 1.83 bits per heavy atom. The molecule has 0 aromatic rings. The largest absolute Gasteiger partial charge is 0.477 e. The number of carbonyl (C=O) groups is 2.